The van der Waals surface area contributed by atoms with Gasteiger partial charge in [0, 0.05) is 0 Å². The maximum absolute atomic E-state index is 13.1. The van der Waals surface area contributed by atoms with E-state index >= 15 is 0 Å². The normalized spacial score (nSPS) is 16.8. The highest BCUT2D eigenvalue weighted by molar-refractivity contribution is 5.17. The average Bonchev–Trinajstić information content (AvgIpc) is 2.52. The van der Waals surface area contributed by atoms with Crippen molar-refractivity contribution in [2.45, 2.75) is 53.6 Å². The minimum Gasteiger partial charge on any atom is -0.192 e. The Morgan fingerprint density at radius 2 is 0.484 bits per heavy atom. The predicted octanol–water partition coefficient (Wildman–Crippen LogP) is 7.06. The van der Waals surface area contributed by atoms with Gasteiger partial charge in [-0.2, -0.15) is 92.2 Å². The van der Waals surface area contributed by atoms with Gasteiger partial charge in [-0.25, -0.2) is 0 Å². The van der Waals surface area contributed by atoms with Crippen LogP contribution in [0.1, 0.15) is 0 Å². The number of alkyl halides is 19. The van der Waals surface area contributed by atoms with Gasteiger partial charge in [-0.05, 0) is 0 Å². The van der Waals surface area contributed by atoms with E-state index in [1.165, 1.54) is 0 Å². The maximum Gasteiger partial charge on any atom is 0.460 e. The molecule has 0 aliphatic heterocycles. The zero-order valence-electron chi connectivity index (χ0n) is 12.9. The molecule has 0 atom stereocenters. The summed E-state index contributed by atoms with van der Waals surface area (Å²) in [6.45, 7) is 0. The fourth-order valence-corrected chi connectivity index (χ4v) is 1.48. The van der Waals surface area contributed by atoms with E-state index < -0.39 is 60.0 Å². The fraction of sp³-hybridized carbons (Fsp3) is 0.900. The lowest BCUT2D eigenvalue weighted by atomic mass is 9.87. The Morgan fingerprint density at radius 1 is 0.290 bits per heavy atom. The summed E-state index contributed by atoms with van der Waals surface area (Å²) in [7, 11) is 0. The molecule has 0 bridgehead atoms. The van der Waals surface area contributed by atoms with E-state index in [1.54, 1.807) is 0 Å². The third kappa shape index (κ3) is 3.43. The van der Waals surface area contributed by atoms with Crippen molar-refractivity contribution in [1.82, 2.24) is 0 Å². The molecule has 0 aromatic rings. The Balaban J connectivity index is 6.91. The molecule has 0 fully saturated rings. The number of hydrogen-bond acceptors (Lipinski definition) is 0. The molecule has 0 saturated heterocycles. The van der Waals surface area contributed by atoms with Gasteiger partial charge in [-0.15, -0.1) is 0 Å². The highest BCUT2D eigenvalue weighted by Crippen LogP contribution is 2.65. The van der Waals surface area contributed by atoms with Gasteiger partial charge in [0.2, 0.25) is 0 Å². The largest absolute Gasteiger partial charge is 0.460 e. The first-order valence-corrected chi connectivity index (χ1v) is 6.22. The highest BCUT2D eigenvalue weighted by Gasteiger charge is 2.97. The molecule has 0 spiro atoms. The Kier molecular flexibility index (Phi) is 6.68. The Labute approximate surface area is 153 Å². The van der Waals surface area contributed by atoms with Crippen LogP contribution in [0.3, 0.4) is 0 Å². The van der Waals surface area contributed by atoms with Crippen molar-refractivity contribution in [3.63, 3.8) is 0 Å². The molecule has 0 saturated carbocycles. The molecular formula is C10F21. The van der Waals surface area contributed by atoms with Gasteiger partial charge in [0.15, 0.2) is 0 Å². The van der Waals surface area contributed by atoms with Crippen molar-refractivity contribution >= 4 is 0 Å². The van der Waals surface area contributed by atoms with E-state index in [0.717, 1.165) is 0 Å². The zero-order chi connectivity index (χ0) is 26.1. The Bertz CT molecular complexity index is 650. The van der Waals surface area contributed by atoms with Crippen LogP contribution in [-0.2, 0) is 0 Å². The molecule has 0 aromatic heterocycles. The fourth-order valence-electron chi connectivity index (χ4n) is 1.48. The van der Waals surface area contributed by atoms with Gasteiger partial charge < -0.3 is 0 Å². The van der Waals surface area contributed by atoms with E-state index in [2.05, 4.69) is 0 Å². The summed E-state index contributed by atoms with van der Waals surface area (Å²) in [5, 5.41) is 0. The molecule has 0 N–H and O–H groups in total. The van der Waals surface area contributed by atoms with Gasteiger partial charge in [0.25, 0.3) is 0 Å². The predicted molar refractivity (Wildman–Crippen MR) is 51.1 cm³/mol. The van der Waals surface area contributed by atoms with Gasteiger partial charge in [-0.1, -0.05) is 0 Å². The van der Waals surface area contributed by atoms with Crippen LogP contribution in [0.2, 0.25) is 0 Å². The summed E-state index contributed by atoms with van der Waals surface area (Å²) >= 11 is 0. The van der Waals surface area contributed by atoms with Crippen LogP contribution in [-0.4, -0.2) is 53.6 Å². The average molecular weight is 519 g/mol. The van der Waals surface area contributed by atoms with Crippen LogP contribution in [0, 0.1) is 6.43 Å². The summed E-state index contributed by atoms with van der Waals surface area (Å²) in [5.41, 5.74) is 0. The summed E-state index contributed by atoms with van der Waals surface area (Å²) in [6, 6.07) is 0. The number of rotatable bonds is 8. The second-order valence-corrected chi connectivity index (χ2v) is 5.35. The van der Waals surface area contributed by atoms with Crippen LogP contribution in [0.4, 0.5) is 92.2 Å². The molecule has 21 heteroatoms. The summed E-state index contributed by atoms with van der Waals surface area (Å²) in [6.07, 6.45) is -13.2. The molecule has 0 amide bonds. The van der Waals surface area contributed by atoms with Gasteiger partial charge >= 0.3 is 60.0 Å². The third-order valence-electron chi connectivity index (χ3n) is 3.35. The first-order chi connectivity index (χ1) is 12.9. The van der Waals surface area contributed by atoms with Crippen molar-refractivity contribution in [3.8, 4) is 0 Å². The van der Waals surface area contributed by atoms with Gasteiger partial charge in [-0.3, -0.25) is 0 Å². The van der Waals surface area contributed by atoms with E-state index in [1.807, 2.05) is 0 Å². The van der Waals surface area contributed by atoms with Gasteiger partial charge in [0.1, 0.15) is 0 Å². The smallest absolute Gasteiger partial charge is 0.192 e. The number of halogens is 21. The highest BCUT2D eigenvalue weighted by atomic mass is 19.4. The molecule has 0 aromatic carbocycles. The first-order valence-electron chi connectivity index (χ1n) is 6.22. The minimum atomic E-state index is -9.12. The number of hydrogen-bond donors (Lipinski definition) is 0. The summed E-state index contributed by atoms with van der Waals surface area (Å²) in [5.74, 6) is -69.7. The Morgan fingerprint density at radius 3 is 0.677 bits per heavy atom. The molecule has 0 heterocycles. The third-order valence-corrected chi connectivity index (χ3v) is 3.35. The van der Waals surface area contributed by atoms with E-state index in [-0.39, 0.29) is 0 Å². The summed E-state index contributed by atoms with van der Waals surface area (Å²) < 4.78 is 264. The monoisotopic (exact) mass is 519 g/mol. The molecule has 31 heavy (non-hydrogen) atoms. The summed E-state index contributed by atoms with van der Waals surface area (Å²) in [4.78, 5) is 0. The zero-order valence-corrected chi connectivity index (χ0v) is 12.9. The van der Waals surface area contributed by atoms with Crippen LogP contribution in [0.25, 0.3) is 0 Å². The molecule has 0 unspecified atom stereocenters. The van der Waals surface area contributed by atoms with Crippen LogP contribution < -0.4 is 0 Å². The lowest BCUT2D eigenvalue weighted by molar-refractivity contribution is -0.469. The Hall–Kier alpha value is -1.47. The molecule has 0 aliphatic rings. The van der Waals surface area contributed by atoms with Crippen molar-refractivity contribution in [3.05, 3.63) is 6.43 Å². The van der Waals surface area contributed by atoms with E-state index in [4.69, 9.17) is 0 Å². The molecule has 0 aliphatic carbocycles. The maximum atomic E-state index is 13.1. The lowest BCUT2D eigenvalue weighted by Gasteiger charge is -2.43. The van der Waals surface area contributed by atoms with Crippen molar-refractivity contribution in [2.75, 3.05) is 0 Å². The lowest BCUT2D eigenvalue weighted by Crippen LogP contribution is -2.76. The van der Waals surface area contributed by atoms with Crippen LogP contribution in [0.5, 0.6) is 0 Å². The van der Waals surface area contributed by atoms with Gasteiger partial charge in [0.05, 0.1) is 0 Å². The van der Waals surface area contributed by atoms with Crippen molar-refractivity contribution in [2.24, 2.45) is 0 Å². The molecule has 1 radical (unpaired) electrons. The molecule has 187 valence electrons. The molecule has 0 rings (SSSR count). The van der Waals surface area contributed by atoms with E-state index in [9.17, 15) is 92.2 Å². The van der Waals surface area contributed by atoms with Crippen molar-refractivity contribution < 1.29 is 92.2 Å². The SMILES string of the molecule is F[C](F)C(F)(F)C(F)(F)C(F)(F)C(F)(F)C(F)(F)C(F)(F)C(F)(F)C(F)(F)C(F)(F)F. The first kappa shape index (κ1) is 29.5. The molecule has 0 nitrogen and oxygen atoms in total. The second-order valence-electron chi connectivity index (χ2n) is 5.35. The standard InChI is InChI=1S/C10F21/c11-1(12)2(13,14)3(15,16)4(17,18)5(19,20)6(21,22)7(23,24)8(25,26)9(27,28)10(29,30)31. The van der Waals surface area contributed by atoms with Crippen molar-refractivity contribution in [1.29, 1.82) is 0 Å². The quantitative estimate of drug-likeness (QED) is 0.302. The molecular weight excluding hydrogens is 519 g/mol. The van der Waals surface area contributed by atoms with Crippen LogP contribution >= 0.6 is 0 Å². The minimum absolute atomic E-state index is 5.23. The topological polar surface area (TPSA) is 0 Å². The second kappa shape index (κ2) is 7.01. The van der Waals surface area contributed by atoms with E-state index in [0.29, 0.717) is 0 Å². The van der Waals surface area contributed by atoms with Crippen LogP contribution in [0.15, 0.2) is 0 Å².